The van der Waals surface area contributed by atoms with Gasteiger partial charge in [0.25, 0.3) is 0 Å². The highest BCUT2D eigenvalue weighted by Gasteiger charge is 2.27. The second-order valence-electron chi connectivity index (χ2n) is 6.40. The third-order valence-electron chi connectivity index (χ3n) is 4.50. The SMILES string of the molecule is Cn1nc(-c2ccc(Cl)cc2)c(C(=O)c2cccnc2)c1-c1ccc(F)cc1F. The van der Waals surface area contributed by atoms with Crippen molar-refractivity contribution in [3.8, 4) is 22.5 Å². The number of aryl methyl sites for hydroxylation is 1. The number of pyridine rings is 1. The van der Waals surface area contributed by atoms with E-state index in [1.807, 2.05) is 0 Å². The Morgan fingerprint density at radius 2 is 1.83 bits per heavy atom. The van der Waals surface area contributed by atoms with Gasteiger partial charge in [-0.25, -0.2) is 8.78 Å². The van der Waals surface area contributed by atoms with E-state index >= 15 is 0 Å². The van der Waals surface area contributed by atoms with Crippen molar-refractivity contribution in [1.29, 1.82) is 0 Å². The Morgan fingerprint density at radius 3 is 2.48 bits per heavy atom. The lowest BCUT2D eigenvalue weighted by atomic mass is 9.95. The van der Waals surface area contributed by atoms with Crippen LogP contribution in [0.4, 0.5) is 8.78 Å². The third kappa shape index (κ3) is 3.54. The average Bonchev–Trinajstić information content (AvgIpc) is 3.05. The number of aromatic nitrogens is 3. The van der Waals surface area contributed by atoms with Crippen LogP contribution in [0.3, 0.4) is 0 Å². The molecule has 2 aromatic carbocycles. The van der Waals surface area contributed by atoms with Crippen LogP contribution in [0.15, 0.2) is 67.0 Å². The number of carbonyl (C=O) groups excluding carboxylic acids is 1. The maximum Gasteiger partial charge on any atom is 0.199 e. The first-order valence-corrected chi connectivity index (χ1v) is 9.06. The summed E-state index contributed by atoms with van der Waals surface area (Å²) >= 11 is 5.98. The van der Waals surface area contributed by atoms with Crippen molar-refractivity contribution in [2.45, 2.75) is 0 Å². The van der Waals surface area contributed by atoms with Crippen LogP contribution in [0.25, 0.3) is 22.5 Å². The van der Waals surface area contributed by atoms with E-state index in [4.69, 9.17) is 11.6 Å². The molecule has 2 heterocycles. The standard InChI is InChI=1S/C22H14ClF2N3O/c1-28-21(17-9-8-16(24)11-18(17)25)19(22(29)14-3-2-10-26-12-14)20(27-28)13-4-6-15(23)7-5-13/h2-12H,1H3. The van der Waals surface area contributed by atoms with E-state index in [-0.39, 0.29) is 22.6 Å². The minimum Gasteiger partial charge on any atom is -0.288 e. The van der Waals surface area contributed by atoms with Gasteiger partial charge in [0.2, 0.25) is 0 Å². The molecular weight excluding hydrogens is 396 g/mol. The van der Waals surface area contributed by atoms with Gasteiger partial charge in [0.15, 0.2) is 5.78 Å². The fraction of sp³-hybridized carbons (Fsp3) is 0.0455. The predicted octanol–water partition coefficient (Wildman–Crippen LogP) is 5.31. The molecule has 4 nitrogen and oxygen atoms in total. The largest absolute Gasteiger partial charge is 0.288 e. The highest BCUT2D eigenvalue weighted by Crippen LogP contribution is 2.35. The first-order valence-electron chi connectivity index (χ1n) is 8.69. The van der Waals surface area contributed by atoms with Gasteiger partial charge in [0.05, 0.1) is 11.3 Å². The summed E-state index contributed by atoms with van der Waals surface area (Å²) in [4.78, 5) is 17.4. The normalized spacial score (nSPS) is 10.9. The van der Waals surface area contributed by atoms with Crippen LogP contribution in [0.2, 0.25) is 5.02 Å². The predicted molar refractivity (Wildman–Crippen MR) is 107 cm³/mol. The molecule has 0 saturated carbocycles. The molecule has 0 atom stereocenters. The summed E-state index contributed by atoms with van der Waals surface area (Å²) in [6, 6.07) is 13.3. The monoisotopic (exact) mass is 409 g/mol. The Morgan fingerprint density at radius 1 is 1.07 bits per heavy atom. The van der Waals surface area contributed by atoms with Gasteiger partial charge in [0.1, 0.15) is 17.3 Å². The Bertz CT molecular complexity index is 1200. The lowest BCUT2D eigenvalue weighted by Gasteiger charge is -2.09. The number of halogens is 3. The van der Waals surface area contributed by atoms with Crippen molar-refractivity contribution in [2.24, 2.45) is 7.05 Å². The van der Waals surface area contributed by atoms with Crippen LogP contribution >= 0.6 is 11.6 Å². The number of hydrogen-bond acceptors (Lipinski definition) is 3. The molecule has 0 spiro atoms. The van der Waals surface area contributed by atoms with Crippen molar-refractivity contribution in [2.75, 3.05) is 0 Å². The highest BCUT2D eigenvalue weighted by atomic mass is 35.5. The zero-order valence-corrected chi connectivity index (χ0v) is 16.0. The van der Waals surface area contributed by atoms with Crippen molar-refractivity contribution in [1.82, 2.24) is 14.8 Å². The summed E-state index contributed by atoms with van der Waals surface area (Å²) in [6.45, 7) is 0. The maximum absolute atomic E-state index is 14.6. The second kappa shape index (κ2) is 7.56. The maximum atomic E-state index is 14.6. The fourth-order valence-electron chi connectivity index (χ4n) is 3.18. The molecule has 144 valence electrons. The molecule has 29 heavy (non-hydrogen) atoms. The molecule has 0 aliphatic heterocycles. The molecule has 4 rings (SSSR count). The Labute approximate surface area is 170 Å². The fourth-order valence-corrected chi connectivity index (χ4v) is 3.31. The summed E-state index contributed by atoms with van der Waals surface area (Å²) in [5, 5.41) is 5.01. The summed E-state index contributed by atoms with van der Waals surface area (Å²) in [7, 11) is 1.61. The molecule has 0 saturated heterocycles. The molecule has 0 aliphatic rings. The van der Waals surface area contributed by atoms with Crippen molar-refractivity contribution in [3.05, 3.63) is 94.8 Å². The molecule has 0 fully saturated rings. The Kier molecular flexibility index (Phi) is 4.94. The molecule has 0 radical (unpaired) electrons. The van der Waals surface area contributed by atoms with Gasteiger partial charge in [-0.3, -0.25) is 14.5 Å². The van der Waals surface area contributed by atoms with Crippen LogP contribution in [-0.4, -0.2) is 20.5 Å². The molecule has 0 N–H and O–H groups in total. The van der Waals surface area contributed by atoms with E-state index in [0.717, 1.165) is 12.1 Å². The zero-order valence-electron chi connectivity index (χ0n) is 15.2. The molecule has 0 unspecified atom stereocenters. The van der Waals surface area contributed by atoms with E-state index < -0.39 is 11.6 Å². The smallest absolute Gasteiger partial charge is 0.199 e. The second-order valence-corrected chi connectivity index (χ2v) is 6.83. The molecule has 7 heteroatoms. The first kappa shape index (κ1) is 19.0. The lowest BCUT2D eigenvalue weighted by molar-refractivity contribution is 0.103. The topological polar surface area (TPSA) is 47.8 Å². The van der Waals surface area contributed by atoms with Crippen LogP contribution in [0, 0.1) is 11.6 Å². The number of rotatable bonds is 4. The molecule has 0 bridgehead atoms. The van der Waals surface area contributed by atoms with E-state index in [9.17, 15) is 13.6 Å². The molecule has 2 aromatic heterocycles. The number of hydrogen-bond donors (Lipinski definition) is 0. The summed E-state index contributed by atoms with van der Waals surface area (Å²) in [5.41, 5.74) is 1.88. The Balaban J connectivity index is 2.00. The van der Waals surface area contributed by atoms with Gasteiger partial charge in [0, 0.05) is 47.2 Å². The van der Waals surface area contributed by atoms with Gasteiger partial charge in [-0.05, 0) is 36.4 Å². The molecule has 4 aromatic rings. The Hall–Kier alpha value is -3.38. The highest BCUT2D eigenvalue weighted by molar-refractivity contribution is 6.30. The minimum atomic E-state index is -0.782. The van der Waals surface area contributed by atoms with Crippen molar-refractivity contribution < 1.29 is 13.6 Å². The number of carbonyl (C=O) groups is 1. The average molecular weight is 410 g/mol. The van der Waals surface area contributed by atoms with E-state index in [1.54, 1.807) is 49.6 Å². The van der Waals surface area contributed by atoms with Gasteiger partial charge in [-0.15, -0.1) is 0 Å². The lowest BCUT2D eigenvalue weighted by Crippen LogP contribution is -2.06. The number of ketones is 1. The summed E-state index contributed by atoms with van der Waals surface area (Å²) in [6.07, 6.45) is 2.99. The zero-order chi connectivity index (χ0) is 20.5. The first-order chi connectivity index (χ1) is 14.0. The van der Waals surface area contributed by atoms with Gasteiger partial charge < -0.3 is 0 Å². The number of benzene rings is 2. The quantitative estimate of drug-likeness (QED) is 0.429. The van der Waals surface area contributed by atoms with E-state index in [1.165, 1.54) is 16.9 Å². The van der Waals surface area contributed by atoms with Crippen LogP contribution in [0.5, 0.6) is 0 Å². The minimum absolute atomic E-state index is 0.0776. The van der Waals surface area contributed by atoms with E-state index in [0.29, 0.717) is 21.8 Å². The molecular formula is C22H14ClF2N3O. The van der Waals surface area contributed by atoms with Crippen LogP contribution < -0.4 is 0 Å². The third-order valence-corrected chi connectivity index (χ3v) is 4.75. The van der Waals surface area contributed by atoms with Crippen molar-refractivity contribution >= 4 is 17.4 Å². The summed E-state index contributed by atoms with van der Waals surface area (Å²) in [5.74, 6) is -1.85. The summed E-state index contributed by atoms with van der Waals surface area (Å²) < 4.78 is 29.5. The van der Waals surface area contributed by atoms with Gasteiger partial charge >= 0.3 is 0 Å². The number of nitrogens with zero attached hydrogens (tertiary/aromatic N) is 3. The van der Waals surface area contributed by atoms with Crippen LogP contribution in [-0.2, 0) is 7.05 Å². The van der Waals surface area contributed by atoms with Gasteiger partial charge in [-0.2, -0.15) is 5.10 Å². The van der Waals surface area contributed by atoms with E-state index in [2.05, 4.69) is 10.1 Å². The van der Waals surface area contributed by atoms with Crippen LogP contribution in [0.1, 0.15) is 15.9 Å². The van der Waals surface area contributed by atoms with Crippen molar-refractivity contribution in [3.63, 3.8) is 0 Å². The molecule has 0 aliphatic carbocycles. The molecule has 0 amide bonds. The van der Waals surface area contributed by atoms with Gasteiger partial charge in [-0.1, -0.05) is 23.7 Å².